The predicted octanol–water partition coefficient (Wildman–Crippen LogP) is 3.63. The summed E-state index contributed by atoms with van der Waals surface area (Å²) in [5.41, 5.74) is 2.03. The van der Waals surface area contributed by atoms with Gasteiger partial charge in [-0.1, -0.05) is 34.7 Å². The Hall–Kier alpha value is -2.93. The van der Waals surface area contributed by atoms with Crippen molar-refractivity contribution in [2.75, 3.05) is 12.4 Å². The molecule has 120 valence electrons. The number of carbonyl (C=O) groups excluding carboxylic acids is 1. The highest BCUT2D eigenvalue weighted by molar-refractivity contribution is 7.22. The van der Waals surface area contributed by atoms with Crippen molar-refractivity contribution in [3.05, 3.63) is 48.2 Å². The summed E-state index contributed by atoms with van der Waals surface area (Å²) in [6.07, 6.45) is 0.129. The molecule has 0 unspecified atom stereocenters. The maximum Gasteiger partial charge on any atom is 0.232 e. The van der Waals surface area contributed by atoms with Gasteiger partial charge in [0.05, 0.1) is 18.2 Å². The minimum atomic E-state index is -0.188. The standard InChI is InChI=1S/C17H13N3O3S/c1-22-13-7-4-8-14-16(13)19-17(24-14)18-15(21)9-11-10-5-2-3-6-12(10)23-20-11/h2-8H,9H2,1H3,(H,18,19,21). The molecule has 7 heteroatoms. The Bertz CT molecular complexity index is 1040. The van der Waals surface area contributed by atoms with Gasteiger partial charge >= 0.3 is 0 Å². The third kappa shape index (κ3) is 2.59. The molecular weight excluding hydrogens is 326 g/mol. The Kier molecular flexibility index (Phi) is 3.62. The first kappa shape index (κ1) is 14.6. The van der Waals surface area contributed by atoms with Crippen LogP contribution in [0.1, 0.15) is 5.69 Å². The highest BCUT2D eigenvalue weighted by Crippen LogP contribution is 2.32. The van der Waals surface area contributed by atoms with Crippen LogP contribution in [0.4, 0.5) is 5.13 Å². The number of hydrogen-bond acceptors (Lipinski definition) is 6. The number of fused-ring (bicyclic) bond motifs is 2. The van der Waals surface area contributed by atoms with Crippen molar-refractivity contribution in [2.24, 2.45) is 0 Å². The molecule has 0 saturated carbocycles. The lowest BCUT2D eigenvalue weighted by atomic mass is 10.2. The molecule has 1 N–H and O–H groups in total. The Morgan fingerprint density at radius 1 is 1.25 bits per heavy atom. The van der Waals surface area contributed by atoms with Crippen LogP contribution in [0.2, 0.25) is 0 Å². The van der Waals surface area contributed by atoms with Gasteiger partial charge in [-0.2, -0.15) is 0 Å². The Labute approximate surface area is 141 Å². The van der Waals surface area contributed by atoms with E-state index in [4.69, 9.17) is 9.26 Å². The summed E-state index contributed by atoms with van der Waals surface area (Å²) in [5, 5.41) is 8.17. The van der Waals surface area contributed by atoms with Gasteiger partial charge in [0.15, 0.2) is 10.7 Å². The van der Waals surface area contributed by atoms with Gasteiger partial charge in [-0.15, -0.1) is 0 Å². The zero-order valence-electron chi connectivity index (χ0n) is 12.8. The van der Waals surface area contributed by atoms with Crippen LogP contribution in [-0.2, 0) is 11.2 Å². The summed E-state index contributed by atoms with van der Waals surface area (Å²) in [4.78, 5) is 16.7. The first-order chi connectivity index (χ1) is 11.7. The second-order valence-electron chi connectivity index (χ2n) is 5.18. The molecule has 0 aliphatic carbocycles. The molecule has 6 nitrogen and oxygen atoms in total. The number of anilines is 1. The number of nitrogens with one attached hydrogen (secondary N) is 1. The van der Waals surface area contributed by atoms with E-state index < -0.39 is 0 Å². The molecule has 0 aliphatic heterocycles. The van der Waals surface area contributed by atoms with Crippen LogP contribution in [-0.4, -0.2) is 23.2 Å². The molecule has 2 aromatic carbocycles. The number of carbonyl (C=O) groups is 1. The lowest BCUT2D eigenvalue weighted by molar-refractivity contribution is -0.115. The zero-order chi connectivity index (χ0) is 16.5. The molecular formula is C17H13N3O3S. The van der Waals surface area contributed by atoms with E-state index in [-0.39, 0.29) is 12.3 Å². The number of methoxy groups -OCH3 is 1. The second-order valence-corrected chi connectivity index (χ2v) is 6.21. The maximum absolute atomic E-state index is 12.3. The van der Waals surface area contributed by atoms with Crippen LogP contribution < -0.4 is 10.1 Å². The van der Waals surface area contributed by atoms with E-state index in [0.29, 0.717) is 22.2 Å². The summed E-state index contributed by atoms with van der Waals surface area (Å²) in [6, 6.07) is 13.1. The first-order valence-electron chi connectivity index (χ1n) is 7.31. The number of thiazole rings is 1. The van der Waals surface area contributed by atoms with Crippen molar-refractivity contribution < 1.29 is 14.1 Å². The Morgan fingerprint density at radius 3 is 3.00 bits per heavy atom. The number of amides is 1. The van der Waals surface area contributed by atoms with E-state index >= 15 is 0 Å². The third-order valence-corrected chi connectivity index (χ3v) is 4.56. The number of nitrogens with zero attached hydrogens (tertiary/aromatic N) is 2. The quantitative estimate of drug-likeness (QED) is 0.614. The van der Waals surface area contributed by atoms with Gasteiger partial charge in [0.2, 0.25) is 5.91 Å². The molecule has 0 aliphatic rings. The molecule has 0 spiro atoms. The molecule has 1 amide bonds. The van der Waals surface area contributed by atoms with Gasteiger partial charge in [-0.05, 0) is 24.3 Å². The molecule has 0 saturated heterocycles. The van der Waals surface area contributed by atoms with Crippen LogP contribution in [0.3, 0.4) is 0 Å². The van der Waals surface area contributed by atoms with E-state index in [1.807, 2.05) is 42.5 Å². The Balaban J connectivity index is 1.56. The van der Waals surface area contributed by atoms with Crippen LogP contribution >= 0.6 is 11.3 Å². The van der Waals surface area contributed by atoms with Crippen LogP contribution in [0, 0.1) is 0 Å². The van der Waals surface area contributed by atoms with Crippen molar-refractivity contribution in [3.8, 4) is 5.75 Å². The average molecular weight is 339 g/mol. The number of aromatic nitrogens is 2. The second kappa shape index (κ2) is 5.93. The fourth-order valence-corrected chi connectivity index (χ4v) is 3.42. The van der Waals surface area contributed by atoms with Gasteiger partial charge in [-0.25, -0.2) is 4.98 Å². The van der Waals surface area contributed by atoms with Gasteiger partial charge in [0.25, 0.3) is 0 Å². The number of rotatable bonds is 4. The van der Waals surface area contributed by atoms with Gasteiger partial charge in [0, 0.05) is 5.39 Å². The van der Waals surface area contributed by atoms with Crippen molar-refractivity contribution in [2.45, 2.75) is 6.42 Å². The van der Waals surface area contributed by atoms with E-state index in [0.717, 1.165) is 15.6 Å². The highest BCUT2D eigenvalue weighted by Gasteiger charge is 2.14. The molecule has 2 aromatic heterocycles. The molecule has 0 fully saturated rings. The molecule has 0 atom stereocenters. The van der Waals surface area contributed by atoms with E-state index in [1.165, 1.54) is 11.3 Å². The fraction of sp³-hybridized carbons (Fsp3) is 0.118. The lowest BCUT2D eigenvalue weighted by Gasteiger charge is -1.99. The first-order valence-corrected chi connectivity index (χ1v) is 8.13. The number of benzene rings is 2. The smallest absolute Gasteiger partial charge is 0.232 e. The van der Waals surface area contributed by atoms with Crippen molar-refractivity contribution in [3.63, 3.8) is 0 Å². The predicted molar refractivity (Wildman–Crippen MR) is 92.5 cm³/mol. The topological polar surface area (TPSA) is 77.2 Å². The lowest BCUT2D eigenvalue weighted by Crippen LogP contribution is -2.14. The summed E-state index contributed by atoms with van der Waals surface area (Å²) >= 11 is 1.40. The molecule has 2 heterocycles. The maximum atomic E-state index is 12.3. The summed E-state index contributed by atoms with van der Waals surface area (Å²) in [7, 11) is 1.60. The minimum absolute atomic E-state index is 0.129. The summed E-state index contributed by atoms with van der Waals surface area (Å²) < 4.78 is 11.5. The average Bonchev–Trinajstić information content (AvgIpc) is 3.18. The van der Waals surface area contributed by atoms with Crippen LogP contribution in [0.15, 0.2) is 47.0 Å². The van der Waals surface area contributed by atoms with Crippen molar-refractivity contribution in [1.29, 1.82) is 0 Å². The number of ether oxygens (including phenoxy) is 1. The van der Waals surface area contributed by atoms with Gasteiger partial charge in [-0.3, -0.25) is 4.79 Å². The SMILES string of the molecule is COc1cccc2sc(NC(=O)Cc3noc4ccccc34)nc12. The Morgan fingerprint density at radius 2 is 2.12 bits per heavy atom. The third-order valence-electron chi connectivity index (χ3n) is 3.63. The molecule has 24 heavy (non-hydrogen) atoms. The minimum Gasteiger partial charge on any atom is -0.494 e. The molecule has 4 rings (SSSR count). The van der Waals surface area contributed by atoms with Crippen molar-refractivity contribution in [1.82, 2.24) is 10.1 Å². The van der Waals surface area contributed by atoms with E-state index in [9.17, 15) is 4.79 Å². The van der Waals surface area contributed by atoms with E-state index in [1.54, 1.807) is 7.11 Å². The normalized spacial score (nSPS) is 11.0. The van der Waals surface area contributed by atoms with Gasteiger partial charge in [0.1, 0.15) is 17.0 Å². The fourth-order valence-electron chi connectivity index (χ4n) is 2.52. The van der Waals surface area contributed by atoms with Crippen molar-refractivity contribution >= 4 is 43.6 Å². The van der Waals surface area contributed by atoms with Gasteiger partial charge < -0.3 is 14.6 Å². The number of para-hydroxylation sites is 2. The highest BCUT2D eigenvalue weighted by atomic mass is 32.1. The van der Waals surface area contributed by atoms with Crippen LogP contribution in [0.5, 0.6) is 5.75 Å². The monoisotopic (exact) mass is 339 g/mol. The summed E-state index contributed by atoms with van der Waals surface area (Å²) in [6.45, 7) is 0. The van der Waals surface area contributed by atoms with Crippen LogP contribution in [0.25, 0.3) is 21.2 Å². The van der Waals surface area contributed by atoms with E-state index in [2.05, 4.69) is 15.5 Å². The molecule has 0 bridgehead atoms. The molecule has 4 aromatic rings. The zero-order valence-corrected chi connectivity index (χ0v) is 13.6. The number of hydrogen-bond donors (Lipinski definition) is 1. The largest absolute Gasteiger partial charge is 0.494 e. The summed E-state index contributed by atoms with van der Waals surface area (Å²) in [5.74, 6) is 0.499. The molecule has 0 radical (unpaired) electrons.